The first-order valence-corrected chi connectivity index (χ1v) is 10.3. The quantitative estimate of drug-likeness (QED) is 0.740. The maximum Gasteiger partial charge on any atom is 0.329 e. The van der Waals surface area contributed by atoms with E-state index in [2.05, 4.69) is 19.2 Å². The molecule has 0 unspecified atom stereocenters. The molecule has 26 heavy (non-hydrogen) atoms. The van der Waals surface area contributed by atoms with E-state index in [1.807, 2.05) is 45.0 Å². The average Bonchev–Trinajstić information content (AvgIpc) is 2.97. The molecule has 1 aliphatic rings. The van der Waals surface area contributed by atoms with Crippen LogP contribution < -0.4 is 5.32 Å². The van der Waals surface area contributed by atoms with E-state index in [4.69, 9.17) is 4.74 Å². The molecule has 2 amide bonds. The first kappa shape index (κ1) is 20.6. The number of ether oxygens (including phenoxy) is 1. The summed E-state index contributed by atoms with van der Waals surface area (Å²) in [5, 5.41) is 2.95. The summed E-state index contributed by atoms with van der Waals surface area (Å²) in [6.07, 6.45) is 0.847. The Balaban J connectivity index is 2.16. The van der Waals surface area contributed by atoms with Gasteiger partial charge in [0.15, 0.2) is 0 Å². The first-order chi connectivity index (χ1) is 12.3. The number of carbonyl (C=O) groups excluding carboxylic acids is 2. The molecule has 0 aliphatic carbocycles. The zero-order chi connectivity index (χ0) is 19.3. The maximum atomic E-state index is 13.0. The van der Waals surface area contributed by atoms with Crippen molar-refractivity contribution in [3.63, 3.8) is 0 Å². The van der Waals surface area contributed by atoms with Crippen molar-refractivity contribution in [2.24, 2.45) is 11.8 Å². The third-order valence-corrected chi connectivity index (χ3v) is 5.53. The van der Waals surface area contributed by atoms with Crippen LogP contribution in [-0.4, -0.2) is 40.7 Å². The van der Waals surface area contributed by atoms with Gasteiger partial charge >= 0.3 is 12.0 Å². The molecule has 1 N–H and O–H groups in total. The van der Waals surface area contributed by atoms with Crippen LogP contribution >= 0.6 is 11.8 Å². The van der Waals surface area contributed by atoms with E-state index < -0.39 is 6.04 Å². The van der Waals surface area contributed by atoms with E-state index in [1.165, 1.54) is 0 Å². The second-order valence-corrected chi connectivity index (χ2v) is 8.82. The van der Waals surface area contributed by atoms with Gasteiger partial charge < -0.3 is 10.1 Å². The lowest BCUT2D eigenvalue weighted by atomic mass is 10.1. The molecule has 0 bridgehead atoms. The van der Waals surface area contributed by atoms with Crippen LogP contribution in [0.4, 0.5) is 10.5 Å². The predicted octanol–water partition coefficient (Wildman–Crippen LogP) is 4.52. The Labute approximate surface area is 160 Å². The predicted molar refractivity (Wildman–Crippen MR) is 107 cm³/mol. The van der Waals surface area contributed by atoms with Crippen molar-refractivity contribution in [3.8, 4) is 0 Å². The SMILES string of the molecule is Cc1ccccc1NC(=O)N1[C@H](CC(C)C)SC[C@H]1C(=O)OCC(C)C. The third-order valence-electron chi connectivity index (χ3n) is 4.22. The van der Waals surface area contributed by atoms with Gasteiger partial charge in [0.25, 0.3) is 0 Å². The van der Waals surface area contributed by atoms with Gasteiger partial charge in [-0.1, -0.05) is 45.9 Å². The van der Waals surface area contributed by atoms with Crippen LogP contribution in [0.25, 0.3) is 0 Å². The van der Waals surface area contributed by atoms with Gasteiger partial charge in [0, 0.05) is 11.4 Å². The number of nitrogens with one attached hydrogen (secondary N) is 1. The van der Waals surface area contributed by atoms with Crippen molar-refractivity contribution in [1.29, 1.82) is 0 Å². The van der Waals surface area contributed by atoms with Gasteiger partial charge in [0.05, 0.1) is 12.0 Å². The van der Waals surface area contributed by atoms with Crippen LogP contribution in [0.1, 0.15) is 39.7 Å². The Morgan fingerprint density at radius 3 is 2.54 bits per heavy atom. The fourth-order valence-corrected chi connectivity index (χ4v) is 4.47. The molecule has 144 valence electrons. The Kier molecular flexibility index (Phi) is 7.38. The van der Waals surface area contributed by atoms with Gasteiger partial charge in [-0.3, -0.25) is 4.90 Å². The number of hydrogen-bond donors (Lipinski definition) is 1. The number of carbonyl (C=O) groups is 2. The van der Waals surface area contributed by atoms with Crippen LogP contribution in [0.15, 0.2) is 24.3 Å². The summed E-state index contributed by atoms with van der Waals surface area (Å²) in [5.74, 6) is 0.980. The van der Waals surface area contributed by atoms with Crippen molar-refractivity contribution in [3.05, 3.63) is 29.8 Å². The number of anilines is 1. The summed E-state index contributed by atoms with van der Waals surface area (Å²) in [6, 6.07) is 6.88. The minimum atomic E-state index is -0.536. The number of esters is 1. The number of para-hydroxylation sites is 1. The van der Waals surface area contributed by atoms with Gasteiger partial charge in [0.2, 0.25) is 0 Å². The highest BCUT2D eigenvalue weighted by Gasteiger charge is 2.42. The Morgan fingerprint density at radius 2 is 1.92 bits per heavy atom. The average molecular weight is 379 g/mol. The van der Waals surface area contributed by atoms with E-state index in [0.29, 0.717) is 18.3 Å². The molecule has 0 radical (unpaired) electrons. The Bertz CT molecular complexity index is 633. The standard InChI is InChI=1S/C20H30N2O3S/c1-13(2)10-18-22(17(12-26-18)19(23)25-11-14(3)4)20(24)21-16-9-7-6-8-15(16)5/h6-9,13-14,17-18H,10-12H2,1-5H3,(H,21,24)/t17-,18-/m0/s1. The lowest BCUT2D eigenvalue weighted by Crippen LogP contribution is -2.48. The number of urea groups is 1. The molecule has 1 aromatic carbocycles. The molecule has 1 aromatic rings. The molecule has 1 fully saturated rings. The molecule has 1 aliphatic heterocycles. The summed E-state index contributed by atoms with van der Waals surface area (Å²) in [7, 11) is 0. The third kappa shape index (κ3) is 5.40. The molecular weight excluding hydrogens is 348 g/mol. The van der Waals surface area contributed by atoms with Crippen molar-refractivity contribution >= 4 is 29.4 Å². The normalized spacial score (nSPS) is 19.9. The van der Waals surface area contributed by atoms with Crippen LogP contribution in [0, 0.1) is 18.8 Å². The van der Waals surface area contributed by atoms with Gasteiger partial charge in [-0.2, -0.15) is 0 Å². The number of thioether (sulfide) groups is 1. The zero-order valence-electron chi connectivity index (χ0n) is 16.3. The van der Waals surface area contributed by atoms with Crippen molar-refractivity contribution in [1.82, 2.24) is 4.90 Å². The topological polar surface area (TPSA) is 58.6 Å². The summed E-state index contributed by atoms with van der Waals surface area (Å²) >= 11 is 1.66. The fraction of sp³-hybridized carbons (Fsp3) is 0.600. The van der Waals surface area contributed by atoms with Gasteiger partial charge in [0.1, 0.15) is 6.04 Å². The number of rotatable bonds is 6. The molecule has 2 rings (SSSR count). The van der Waals surface area contributed by atoms with Crippen LogP contribution in [-0.2, 0) is 9.53 Å². The molecule has 1 heterocycles. The second-order valence-electron chi connectivity index (χ2n) is 7.61. The first-order valence-electron chi connectivity index (χ1n) is 9.22. The van der Waals surface area contributed by atoms with Crippen molar-refractivity contribution in [2.45, 2.75) is 52.5 Å². The highest BCUT2D eigenvalue weighted by atomic mass is 32.2. The minimum absolute atomic E-state index is 0.0179. The van der Waals surface area contributed by atoms with Gasteiger partial charge in [-0.15, -0.1) is 11.8 Å². The molecule has 5 nitrogen and oxygen atoms in total. The van der Waals surface area contributed by atoms with E-state index in [1.54, 1.807) is 16.7 Å². The van der Waals surface area contributed by atoms with E-state index in [-0.39, 0.29) is 23.3 Å². The van der Waals surface area contributed by atoms with Gasteiger partial charge in [-0.05, 0) is 36.8 Å². The van der Waals surface area contributed by atoms with Crippen molar-refractivity contribution in [2.75, 3.05) is 17.7 Å². The zero-order valence-corrected chi connectivity index (χ0v) is 17.1. The summed E-state index contributed by atoms with van der Waals surface area (Å²) in [4.78, 5) is 27.2. The van der Waals surface area contributed by atoms with Crippen LogP contribution in [0.2, 0.25) is 0 Å². The van der Waals surface area contributed by atoms with E-state index in [9.17, 15) is 9.59 Å². The number of nitrogens with zero attached hydrogens (tertiary/aromatic N) is 1. The van der Waals surface area contributed by atoms with Gasteiger partial charge in [-0.25, -0.2) is 9.59 Å². The lowest BCUT2D eigenvalue weighted by molar-refractivity contribution is -0.149. The molecule has 6 heteroatoms. The molecule has 0 saturated carbocycles. The molecule has 0 spiro atoms. The Morgan fingerprint density at radius 1 is 1.23 bits per heavy atom. The smallest absolute Gasteiger partial charge is 0.329 e. The minimum Gasteiger partial charge on any atom is -0.464 e. The molecular formula is C20H30N2O3S. The fourth-order valence-electron chi connectivity index (χ4n) is 2.84. The maximum absolute atomic E-state index is 13.0. The van der Waals surface area contributed by atoms with E-state index >= 15 is 0 Å². The van der Waals surface area contributed by atoms with E-state index in [0.717, 1.165) is 17.7 Å². The second kappa shape index (κ2) is 9.31. The summed E-state index contributed by atoms with van der Waals surface area (Å²) < 4.78 is 5.42. The lowest BCUT2D eigenvalue weighted by Gasteiger charge is -2.29. The number of benzene rings is 1. The molecule has 0 aromatic heterocycles. The number of hydrogen-bond acceptors (Lipinski definition) is 4. The summed E-state index contributed by atoms with van der Waals surface area (Å²) in [5.41, 5.74) is 1.76. The van der Waals surface area contributed by atoms with Crippen molar-refractivity contribution < 1.29 is 14.3 Å². The molecule has 2 atom stereocenters. The molecule has 1 saturated heterocycles. The number of amides is 2. The van der Waals surface area contributed by atoms with Crippen LogP contribution in [0.3, 0.4) is 0 Å². The Hall–Kier alpha value is -1.69. The van der Waals surface area contributed by atoms with Crippen LogP contribution in [0.5, 0.6) is 0 Å². The largest absolute Gasteiger partial charge is 0.464 e. The highest BCUT2D eigenvalue weighted by Crippen LogP contribution is 2.34. The summed E-state index contributed by atoms with van der Waals surface area (Å²) in [6.45, 7) is 10.6. The highest BCUT2D eigenvalue weighted by molar-refractivity contribution is 8.00. The number of aryl methyl sites for hydroxylation is 1. The monoisotopic (exact) mass is 378 g/mol.